The zero-order valence-electron chi connectivity index (χ0n) is 16.7. The van der Waals surface area contributed by atoms with E-state index in [1.54, 1.807) is 7.05 Å². The number of tetrazole rings is 1. The van der Waals surface area contributed by atoms with Gasteiger partial charge < -0.3 is 16.8 Å². The maximum Gasteiger partial charge on any atom is 0.261 e. The lowest BCUT2D eigenvalue weighted by Crippen LogP contribution is -2.36. The third-order valence-electron chi connectivity index (χ3n) is 5.32. The van der Waals surface area contributed by atoms with E-state index in [4.69, 9.17) is 11.5 Å². The van der Waals surface area contributed by atoms with E-state index < -0.39 is 5.41 Å². The van der Waals surface area contributed by atoms with Crippen LogP contribution in [0, 0.1) is 0 Å². The Morgan fingerprint density at radius 3 is 2.40 bits per heavy atom. The first kappa shape index (κ1) is 20.8. The van der Waals surface area contributed by atoms with Crippen LogP contribution in [0.5, 0.6) is 0 Å². The van der Waals surface area contributed by atoms with Gasteiger partial charge in [-0.15, -0.1) is 32.9 Å². The molecular weight excluding hydrogens is 422 g/mol. The Hall–Kier alpha value is -2.47. The molecule has 158 valence electrons. The third kappa shape index (κ3) is 3.27. The normalized spacial score (nSPS) is 18.9. The lowest BCUT2D eigenvalue weighted by molar-refractivity contribution is 0.0965. The number of hydrogen-bond donors (Lipinski definition) is 4. The number of H-pyrrole nitrogens is 1. The number of amides is 1. The summed E-state index contributed by atoms with van der Waals surface area (Å²) in [7, 11) is 1.61. The summed E-state index contributed by atoms with van der Waals surface area (Å²) < 4.78 is 0. The second-order valence-corrected chi connectivity index (χ2v) is 9.56. The SMILES string of the molecule is CNC(=O)c1cc2c(s1)C(C[C@@H](C)N)(c1nn[nH]n1)c1sc(C(=O)CN)cc1CC2. The Bertz CT molecular complexity index is 1020. The van der Waals surface area contributed by atoms with Crippen molar-refractivity contribution in [3.63, 3.8) is 0 Å². The van der Waals surface area contributed by atoms with Crippen LogP contribution in [-0.4, -0.2) is 51.9 Å². The Morgan fingerprint density at radius 1 is 1.23 bits per heavy atom. The minimum absolute atomic E-state index is 0.0486. The van der Waals surface area contributed by atoms with Crippen molar-refractivity contribution in [1.29, 1.82) is 0 Å². The van der Waals surface area contributed by atoms with Crippen LogP contribution in [0.4, 0.5) is 0 Å². The van der Waals surface area contributed by atoms with Crippen LogP contribution in [0.25, 0.3) is 0 Å². The maximum absolute atomic E-state index is 12.4. The fourth-order valence-electron chi connectivity index (χ4n) is 4.10. The monoisotopic (exact) mass is 445 g/mol. The molecule has 4 rings (SSSR count). The Labute approximate surface area is 181 Å². The number of nitrogens with two attached hydrogens (primary N) is 2. The summed E-state index contributed by atoms with van der Waals surface area (Å²) >= 11 is 2.84. The van der Waals surface area contributed by atoms with E-state index in [1.807, 2.05) is 19.1 Å². The lowest BCUT2D eigenvalue weighted by Gasteiger charge is -2.31. The number of ketones is 1. The Kier molecular flexibility index (Phi) is 5.53. The highest BCUT2D eigenvalue weighted by atomic mass is 32.1. The summed E-state index contributed by atoms with van der Waals surface area (Å²) in [6, 6.07) is 3.68. The van der Waals surface area contributed by atoms with Crippen molar-refractivity contribution in [3.8, 4) is 0 Å². The predicted molar refractivity (Wildman–Crippen MR) is 115 cm³/mol. The molecule has 0 fully saturated rings. The molecular formula is C19H23N7O2S2. The first-order valence-corrected chi connectivity index (χ1v) is 11.2. The van der Waals surface area contributed by atoms with E-state index in [-0.39, 0.29) is 24.3 Å². The van der Waals surface area contributed by atoms with E-state index in [9.17, 15) is 9.59 Å². The summed E-state index contributed by atoms with van der Waals surface area (Å²) in [6.45, 7) is 1.88. The number of carbonyl (C=O) groups is 2. The zero-order valence-corrected chi connectivity index (χ0v) is 18.3. The molecule has 1 amide bonds. The molecule has 2 atom stereocenters. The van der Waals surface area contributed by atoms with Crippen LogP contribution in [0.3, 0.4) is 0 Å². The smallest absolute Gasteiger partial charge is 0.261 e. The summed E-state index contributed by atoms with van der Waals surface area (Å²) in [5.74, 6) is 0.248. The van der Waals surface area contributed by atoms with Gasteiger partial charge in [0.1, 0.15) is 5.41 Å². The molecule has 1 aliphatic carbocycles. The lowest BCUT2D eigenvalue weighted by atomic mass is 9.76. The topological polar surface area (TPSA) is 153 Å². The van der Waals surface area contributed by atoms with Crippen LogP contribution >= 0.6 is 22.7 Å². The molecule has 1 unspecified atom stereocenters. The van der Waals surface area contributed by atoms with Gasteiger partial charge in [-0.2, -0.15) is 5.21 Å². The van der Waals surface area contributed by atoms with Gasteiger partial charge in [0.15, 0.2) is 11.6 Å². The van der Waals surface area contributed by atoms with Gasteiger partial charge in [-0.1, -0.05) is 5.21 Å². The van der Waals surface area contributed by atoms with Crippen molar-refractivity contribution in [2.24, 2.45) is 11.5 Å². The van der Waals surface area contributed by atoms with Crippen molar-refractivity contribution in [2.75, 3.05) is 13.6 Å². The van der Waals surface area contributed by atoms with Gasteiger partial charge in [0, 0.05) is 22.8 Å². The van der Waals surface area contributed by atoms with Gasteiger partial charge in [-0.3, -0.25) is 9.59 Å². The Balaban J connectivity index is 2.03. The standard InChI is InChI=1S/C19H23N7O2S2/c1-9(21)7-19(18-23-25-26-24-18)15-10(5-13(29-15)12(27)8-20)3-4-11-6-14(17(28)22-2)30-16(11)19/h5-6,9H,3-4,7-8,20-21H2,1-2H3,(H,22,28)(H,23,24,25,26)/t9-,19?/m1/s1. The minimum Gasteiger partial charge on any atom is -0.354 e. The van der Waals surface area contributed by atoms with Crippen molar-refractivity contribution in [3.05, 3.63) is 48.6 Å². The fraction of sp³-hybridized carbons (Fsp3) is 0.421. The van der Waals surface area contributed by atoms with Gasteiger partial charge in [-0.25, -0.2) is 0 Å². The molecule has 0 saturated carbocycles. The number of fused-ring (bicyclic) bond motifs is 2. The average Bonchev–Trinajstić information content (AvgIpc) is 3.48. The zero-order chi connectivity index (χ0) is 21.5. The number of aromatic nitrogens is 4. The highest BCUT2D eigenvalue weighted by molar-refractivity contribution is 7.16. The molecule has 1 aliphatic rings. The van der Waals surface area contributed by atoms with E-state index in [1.165, 1.54) is 22.7 Å². The van der Waals surface area contributed by atoms with Gasteiger partial charge in [0.05, 0.1) is 16.3 Å². The fourth-order valence-corrected chi connectivity index (χ4v) is 6.89. The van der Waals surface area contributed by atoms with Crippen LogP contribution < -0.4 is 16.8 Å². The van der Waals surface area contributed by atoms with Crippen LogP contribution in [-0.2, 0) is 18.3 Å². The molecule has 30 heavy (non-hydrogen) atoms. The van der Waals surface area contributed by atoms with E-state index >= 15 is 0 Å². The highest BCUT2D eigenvalue weighted by Gasteiger charge is 2.48. The van der Waals surface area contributed by atoms with E-state index in [2.05, 4.69) is 25.9 Å². The molecule has 0 bridgehead atoms. The van der Waals surface area contributed by atoms with E-state index in [0.29, 0.717) is 22.0 Å². The number of aromatic amines is 1. The third-order valence-corrected chi connectivity index (χ3v) is 8.04. The number of nitrogens with zero attached hydrogens (tertiary/aromatic N) is 3. The molecule has 11 heteroatoms. The largest absolute Gasteiger partial charge is 0.354 e. The number of thiophene rings is 2. The molecule has 3 aromatic rings. The number of Topliss-reactive ketones (excluding diaryl/α,β-unsaturated/α-hetero) is 1. The maximum atomic E-state index is 12.4. The van der Waals surface area contributed by atoms with Crippen molar-refractivity contribution < 1.29 is 9.59 Å². The second-order valence-electron chi connectivity index (χ2n) is 7.46. The summed E-state index contributed by atoms with van der Waals surface area (Å²) in [5, 5.41) is 17.8. The molecule has 0 spiro atoms. The van der Waals surface area contributed by atoms with Gasteiger partial charge in [0.25, 0.3) is 5.91 Å². The number of hydrogen-bond acceptors (Lipinski definition) is 9. The van der Waals surface area contributed by atoms with Crippen LogP contribution in [0.2, 0.25) is 0 Å². The second kappa shape index (κ2) is 7.99. The first-order valence-electron chi connectivity index (χ1n) is 9.62. The summed E-state index contributed by atoms with van der Waals surface area (Å²) in [4.78, 5) is 28.0. The van der Waals surface area contributed by atoms with Gasteiger partial charge in [0.2, 0.25) is 0 Å². The summed E-state index contributed by atoms with van der Waals surface area (Å²) in [5.41, 5.74) is 13.3. The molecule has 0 radical (unpaired) electrons. The minimum atomic E-state index is -0.795. The number of carbonyl (C=O) groups excluding carboxylic acids is 2. The van der Waals surface area contributed by atoms with Crippen molar-refractivity contribution in [1.82, 2.24) is 25.9 Å². The van der Waals surface area contributed by atoms with Gasteiger partial charge >= 0.3 is 0 Å². The first-order chi connectivity index (χ1) is 14.4. The van der Waals surface area contributed by atoms with Gasteiger partial charge in [-0.05, 0) is 49.4 Å². The van der Waals surface area contributed by atoms with Crippen molar-refractivity contribution in [2.45, 2.75) is 37.6 Å². The Morgan fingerprint density at radius 2 is 1.87 bits per heavy atom. The molecule has 6 N–H and O–H groups in total. The van der Waals surface area contributed by atoms with E-state index in [0.717, 1.165) is 33.7 Å². The molecule has 0 saturated heterocycles. The molecule has 3 heterocycles. The quantitative estimate of drug-likeness (QED) is 0.413. The van der Waals surface area contributed by atoms with Crippen LogP contribution in [0.1, 0.15) is 59.4 Å². The number of nitrogens with one attached hydrogen (secondary N) is 2. The average molecular weight is 446 g/mol. The molecule has 0 aromatic carbocycles. The molecule has 3 aromatic heterocycles. The number of rotatable bonds is 6. The molecule has 0 aliphatic heterocycles. The van der Waals surface area contributed by atoms with Crippen LogP contribution in [0.15, 0.2) is 12.1 Å². The molecule has 9 nitrogen and oxygen atoms in total. The number of aryl methyl sites for hydroxylation is 2. The predicted octanol–water partition coefficient (Wildman–Crippen LogP) is 0.994. The highest BCUT2D eigenvalue weighted by Crippen LogP contribution is 2.51. The van der Waals surface area contributed by atoms with Crippen molar-refractivity contribution >= 4 is 34.4 Å². The summed E-state index contributed by atoms with van der Waals surface area (Å²) in [6.07, 6.45) is 1.98.